The minimum Gasteiger partial charge on any atom is -0.267 e. The van der Waals surface area contributed by atoms with Gasteiger partial charge in [0.1, 0.15) is 0 Å². The summed E-state index contributed by atoms with van der Waals surface area (Å²) in [6.07, 6.45) is 3.28. The van der Waals surface area contributed by atoms with Gasteiger partial charge in [0, 0.05) is 30.7 Å². The van der Waals surface area contributed by atoms with Crippen molar-refractivity contribution in [3.05, 3.63) is 24.3 Å². The molecule has 2 rings (SSSR count). The molecule has 0 aromatic carbocycles. The van der Waals surface area contributed by atoms with Gasteiger partial charge in [-0.25, -0.2) is 9.68 Å². The van der Waals surface area contributed by atoms with Crippen molar-refractivity contribution in [1.82, 2.24) is 10.1 Å². The Bertz CT molecular complexity index is 429. The molecule has 2 heterocycles. The molecule has 100 valence electrons. The Morgan fingerprint density at radius 1 is 0.842 bits per heavy atom. The summed E-state index contributed by atoms with van der Waals surface area (Å²) in [7, 11) is 0. The standard InChI is InChI=1S/C11H10N2O6/c1-2-11(18-12-7(14)3-4-8(12)15)19-13-9(16)5-6-10(13)17/h3-6,11H,2H2,1H3. The van der Waals surface area contributed by atoms with Crippen LogP contribution in [0.2, 0.25) is 0 Å². The van der Waals surface area contributed by atoms with Crippen LogP contribution in [0.25, 0.3) is 0 Å². The van der Waals surface area contributed by atoms with E-state index in [0.29, 0.717) is 10.1 Å². The van der Waals surface area contributed by atoms with E-state index in [1.165, 1.54) is 0 Å². The van der Waals surface area contributed by atoms with Crippen LogP contribution in [0.4, 0.5) is 0 Å². The van der Waals surface area contributed by atoms with Crippen molar-refractivity contribution < 1.29 is 28.9 Å². The monoisotopic (exact) mass is 266 g/mol. The first kappa shape index (κ1) is 13.1. The number of hydrogen-bond donors (Lipinski definition) is 0. The zero-order valence-corrected chi connectivity index (χ0v) is 9.94. The zero-order valence-electron chi connectivity index (χ0n) is 9.94. The van der Waals surface area contributed by atoms with Gasteiger partial charge >= 0.3 is 0 Å². The molecule has 0 unspecified atom stereocenters. The van der Waals surface area contributed by atoms with Crippen molar-refractivity contribution in [2.75, 3.05) is 0 Å². The lowest BCUT2D eigenvalue weighted by Gasteiger charge is -2.24. The van der Waals surface area contributed by atoms with Gasteiger partial charge in [-0.2, -0.15) is 0 Å². The fourth-order valence-corrected chi connectivity index (χ4v) is 1.38. The Hall–Kier alpha value is -2.32. The highest BCUT2D eigenvalue weighted by atomic mass is 16.9. The SMILES string of the molecule is CCC(ON1C(=O)C=CC1=O)ON1C(=O)C=CC1=O. The van der Waals surface area contributed by atoms with Crippen molar-refractivity contribution in [3.8, 4) is 0 Å². The second kappa shape index (κ2) is 5.12. The van der Waals surface area contributed by atoms with Crippen LogP contribution in [-0.2, 0) is 28.9 Å². The van der Waals surface area contributed by atoms with Gasteiger partial charge in [0.15, 0.2) is 0 Å². The molecular formula is C11H10N2O6. The largest absolute Gasteiger partial charge is 0.278 e. The van der Waals surface area contributed by atoms with E-state index in [2.05, 4.69) is 0 Å². The van der Waals surface area contributed by atoms with E-state index in [1.54, 1.807) is 6.92 Å². The fourth-order valence-electron chi connectivity index (χ4n) is 1.38. The summed E-state index contributed by atoms with van der Waals surface area (Å²) < 4.78 is 0. The van der Waals surface area contributed by atoms with Crippen LogP contribution >= 0.6 is 0 Å². The van der Waals surface area contributed by atoms with E-state index in [9.17, 15) is 19.2 Å². The molecule has 0 aliphatic carbocycles. The van der Waals surface area contributed by atoms with Gasteiger partial charge in [-0.3, -0.25) is 19.2 Å². The molecule has 0 N–H and O–H groups in total. The lowest BCUT2D eigenvalue weighted by Crippen LogP contribution is -2.41. The third-order valence-electron chi connectivity index (χ3n) is 2.32. The van der Waals surface area contributed by atoms with Crippen LogP contribution in [0, 0.1) is 0 Å². The van der Waals surface area contributed by atoms with Crippen molar-refractivity contribution in [1.29, 1.82) is 0 Å². The zero-order chi connectivity index (χ0) is 14.0. The first-order valence-corrected chi connectivity index (χ1v) is 5.48. The van der Waals surface area contributed by atoms with Crippen LogP contribution in [0.1, 0.15) is 13.3 Å². The number of carbonyl (C=O) groups excluding carboxylic acids is 4. The number of rotatable bonds is 5. The molecule has 8 nitrogen and oxygen atoms in total. The summed E-state index contributed by atoms with van der Waals surface area (Å²) in [6, 6.07) is 0. The summed E-state index contributed by atoms with van der Waals surface area (Å²) >= 11 is 0. The molecule has 0 saturated heterocycles. The number of hydroxylamine groups is 4. The molecule has 0 bridgehead atoms. The summed E-state index contributed by atoms with van der Waals surface area (Å²) in [4.78, 5) is 55.2. The Kier molecular flexibility index (Phi) is 3.54. The maximum Gasteiger partial charge on any atom is 0.278 e. The summed E-state index contributed by atoms with van der Waals surface area (Å²) in [5.41, 5.74) is 0. The first-order chi connectivity index (χ1) is 9.02. The van der Waals surface area contributed by atoms with E-state index in [1.807, 2.05) is 0 Å². The van der Waals surface area contributed by atoms with Crippen molar-refractivity contribution in [2.45, 2.75) is 19.6 Å². The van der Waals surface area contributed by atoms with Gasteiger partial charge < -0.3 is 0 Å². The molecule has 2 aliphatic heterocycles. The summed E-state index contributed by atoms with van der Waals surface area (Å²) in [5.74, 6) is -2.60. The van der Waals surface area contributed by atoms with E-state index in [-0.39, 0.29) is 6.42 Å². The fraction of sp³-hybridized carbons (Fsp3) is 0.273. The van der Waals surface area contributed by atoms with Gasteiger partial charge in [0.05, 0.1) is 0 Å². The number of nitrogens with zero attached hydrogens (tertiary/aromatic N) is 2. The maximum atomic E-state index is 11.3. The van der Waals surface area contributed by atoms with Gasteiger partial charge in [0.2, 0.25) is 6.29 Å². The van der Waals surface area contributed by atoms with E-state index >= 15 is 0 Å². The van der Waals surface area contributed by atoms with Gasteiger partial charge in [-0.1, -0.05) is 6.92 Å². The first-order valence-electron chi connectivity index (χ1n) is 5.48. The number of carbonyl (C=O) groups is 4. The molecule has 8 heteroatoms. The molecule has 0 atom stereocenters. The predicted octanol–water partition coefficient (Wildman–Crippen LogP) is -0.564. The Labute approximate surface area is 107 Å². The molecule has 2 aliphatic rings. The molecule has 0 aromatic rings. The van der Waals surface area contributed by atoms with Crippen LogP contribution in [-0.4, -0.2) is 40.0 Å². The Balaban J connectivity index is 1.98. The molecule has 0 fully saturated rings. The topological polar surface area (TPSA) is 93.2 Å². The normalized spacial score (nSPS) is 18.6. The van der Waals surface area contributed by atoms with Gasteiger partial charge in [0.25, 0.3) is 23.6 Å². The number of imide groups is 2. The van der Waals surface area contributed by atoms with Crippen LogP contribution in [0.3, 0.4) is 0 Å². The van der Waals surface area contributed by atoms with Crippen molar-refractivity contribution in [3.63, 3.8) is 0 Å². The third kappa shape index (κ3) is 2.59. The highest BCUT2D eigenvalue weighted by molar-refractivity contribution is 6.12. The highest BCUT2D eigenvalue weighted by Gasteiger charge is 2.32. The van der Waals surface area contributed by atoms with Crippen LogP contribution in [0.5, 0.6) is 0 Å². The van der Waals surface area contributed by atoms with Crippen LogP contribution in [0.15, 0.2) is 24.3 Å². The minimum atomic E-state index is -1.11. The molecule has 0 radical (unpaired) electrons. The second-order valence-electron chi connectivity index (χ2n) is 3.66. The molecular weight excluding hydrogens is 256 g/mol. The van der Waals surface area contributed by atoms with Gasteiger partial charge in [-0.05, 0) is 0 Å². The number of hydrogen-bond acceptors (Lipinski definition) is 6. The van der Waals surface area contributed by atoms with Crippen molar-refractivity contribution >= 4 is 23.6 Å². The maximum absolute atomic E-state index is 11.3. The Morgan fingerprint density at radius 3 is 1.42 bits per heavy atom. The van der Waals surface area contributed by atoms with Gasteiger partial charge in [-0.15, -0.1) is 10.1 Å². The average Bonchev–Trinajstić information content (AvgIpc) is 2.87. The third-order valence-corrected chi connectivity index (χ3v) is 2.32. The van der Waals surface area contributed by atoms with E-state index < -0.39 is 29.9 Å². The Morgan fingerprint density at radius 2 is 1.16 bits per heavy atom. The average molecular weight is 266 g/mol. The quantitative estimate of drug-likeness (QED) is 0.489. The summed E-state index contributed by atoms with van der Waals surface area (Å²) in [6.45, 7) is 1.64. The van der Waals surface area contributed by atoms with Crippen molar-refractivity contribution in [2.24, 2.45) is 0 Å². The van der Waals surface area contributed by atoms with Crippen LogP contribution < -0.4 is 0 Å². The molecule has 19 heavy (non-hydrogen) atoms. The predicted molar refractivity (Wildman–Crippen MR) is 58.2 cm³/mol. The molecule has 0 aromatic heterocycles. The lowest BCUT2D eigenvalue weighted by atomic mass is 10.5. The van der Waals surface area contributed by atoms with E-state index in [0.717, 1.165) is 24.3 Å². The minimum absolute atomic E-state index is 0.216. The molecule has 4 amide bonds. The van der Waals surface area contributed by atoms with E-state index in [4.69, 9.17) is 9.68 Å². The molecule has 0 spiro atoms. The molecule has 0 saturated carbocycles. The lowest BCUT2D eigenvalue weighted by molar-refractivity contribution is -0.309. The highest BCUT2D eigenvalue weighted by Crippen LogP contribution is 2.14. The smallest absolute Gasteiger partial charge is 0.267 e. The second-order valence-corrected chi connectivity index (χ2v) is 3.66. The summed E-state index contributed by atoms with van der Waals surface area (Å²) in [5, 5.41) is 1.01. The number of amides is 4.